The number of anilines is 1. The third kappa shape index (κ3) is 3.49. The van der Waals surface area contributed by atoms with Crippen LogP contribution in [-0.4, -0.2) is 23.5 Å². The highest BCUT2D eigenvalue weighted by Crippen LogP contribution is 2.08. The van der Waals surface area contributed by atoms with E-state index in [1.807, 2.05) is 6.07 Å². The number of aromatic amines is 1. The van der Waals surface area contributed by atoms with E-state index in [4.69, 9.17) is 4.74 Å². The van der Waals surface area contributed by atoms with Crippen molar-refractivity contribution in [3.8, 4) is 0 Å². The molecule has 1 amide bonds. The van der Waals surface area contributed by atoms with Gasteiger partial charge in [-0.2, -0.15) is 0 Å². The van der Waals surface area contributed by atoms with Crippen molar-refractivity contribution < 1.29 is 14.3 Å². The van der Waals surface area contributed by atoms with Crippen LogP contribution < -0.4 is 10.7 Å². The molecule has 0 aliphatic carbocycles. The van der Waals surface area contributed by atoms with Crippen molar-refractivity contribution in [2.45, 2.75) is 0 Å². The molecule has 0 saturated heterocycles. The monoisotopic (exact) mass is 322 g/mol. The average molecular weight is 322 g/mol. The Kier molecular flexibility index (Phi) is 4.38. The van der Waals surface area contributed by atoms with E-state index in [1.165, 1.54) is 6.07 Å². The SMILES string of the molecule is O=C(COC(=O)c1cc(=O)c2ccccc2[nH]1)Nc1ccccc1. The van der Waals surface area contributed by atoms with Crippen LogP contribution in [0, 0.1) is 0 Å². The molecule has 0 spiro atoms. The lowest BCUT2D eigenvalue weighted by molar-refractivity contribution is -0.119. The summed E-state index contributed by atoms with van der Waals surface area (Å²) >= 11 is 0. The first-order chi connectivity index (χ1) is 11.6. The second kappa shape index (κ2) is 6.78. The number of hydrogen-bond donors (Lipinski definition) is 2. The highest BCUT2D eigenvalue weighted by molar-refractivity contribution is 5.95. The quantitative estimate of drug-likeness (QED) is 0.722. The van der Waals surface area contributed by atoms with E-state index >= 15 is 0 Å². The van der Waals surface area contributed by atoms with Gasteiger partial charge in [0.25, 0.3) is 5.91 Å². The molecule has 0 radical (unpaired) electrons. The summed E-state index contributed by atoms with van der Waals surface area (Å²) in [5.41, 5.74) is 0.861. The van der Waals surface area contributed by atoms with E-state index in [0.29, 0.717) is 16.6 Å². The van der Waals surface area contributed by atoms with Crippen LogP contribution in [0.25, 0.3) is 10.9 Å². The maximum atomic E-state index is 12.0. The lowest BCUT2D eigenvalue weighted by Crippen LogP contribution is -2.22. The number of benzene rings is 2. The molecule has 6 heteroatoms. The lowest BCUT2D eigenvalue weighted by Gasteiger charge is -2.07. The van der Waals surface area contributed by atoms with Gasteiger partial charge >= 0.3 is 5.97 Å². The summed E-state index contributed by atoms with van der Waals surface area (Å²) in [6, 6.07) is 16.8. The molecule has 24 heavy (non-hydrogen) atoms. The standard InChI is InChI=1S/C18H14N2O4/c21-16-10-15(20-14-9-5-4-8-13(14)16)18(23)24-11-17(22)19-12-6-2-1-3-7-12/h1-10H,11H2,(H,19,22)(H,20,21). The number of fused-ring (bicyclic) bond motifs is 1. The number of carbonyl (C=O) groups is 2. The molecule has 1 aromatic heterocycles. The Morgan fingerprint density at radius 3 is 2.50 bits per heavy atom. The van der Waals surface area contributed by atoms with Gasteiger partial charge in [-0.1, -0.05) is 30.3 Å². The highest BCUT2D eigenvalue weighted by Gasteiger charge is 2.13. The van der Waals surface area contributed by atoms with Crippen molar-refractivity contribution in [3.63, 3.8) is 0 Å². The van der Waals surface area contributed by atoms with Crippen molar-refractivity contribution >= 4 is 28.5 Å². The molecule has 6 nitrogen and oxygen atoms in total. The molecule has 0 atom stereocenters. The number of nitrogens with one attached hydrogen (secondary N) is 2. The summed E-state index contributed by atoms with van der Waals surface area (Å²) in [6.45, 7) is -0.442. The van der Waals surface area contributed by atoms with Gasteiger partial charge in [0, 0.05) is 22.7 Å². The Hall–Kier alpha value is -3.41. The Morgan fingerprint density at radius 1 is 1.00 bits per heavy atom. The summed E-state index contributed by atoms with van der Waals surface area (Å²) in [5.74, 6) is -1.22. The summed E-state index contributed by atoms with van der Waals surface area (Å²) in [7, 11) is 0. The number of rotatable bonds is 4. The van der Waals surface area contributed by atoms with Gasteiger partial charge in [0.2, 0.25) is 0 Å². The topological polar surface area (TPSA) is 88.3 Å². The number of H-pyrrole nitrogens is 1. The predicted molar refractivity (Wildman–Crippen MR) is 89.9 cm³/mol. The van der Waals surface area contributed by atoms with Crippen LogP contribution in [0.15, 0.2) is 65.5 Å². The van der Waals surface area contributed by atoms with Gasteiger partial charge < -0.3 is 15.0 Å². The van der Waals surface area contributed by atoms with Crippen molar-refractivity contribution in [2.75, 3.05) is 11.9 Å². The molecule has 0 aliphatic rings. The fourth-order valence-electron chi connectivity index (χ4n) is 2.23. The zero-order chi connectivity index (χ0) is 16.9. The zero-order valence-corrected chi connectivity index (χ0v) is 12.6. The van der Waals surface area contributed by atoms with Gasteiger partial charge in [-0.25, -0.2) is 4.79 Å². The van der Waals surface area contributed by atoms with E-state index in [2.05, 4.69) is 10.3 Å². The molecule has 1 heterocycles. The number of ether oxygens (including phenoxy) is 1. The van der Waals surface area contributed by atoms with Gasteiger partial charge in [0.05, 0.1) is 0 Å². The Morgan fingerprint density at radius 2 is 1.71 bits per heavy atom. The van der Waals surface area contributed by atoms with E-state index in [9.17, 15) is 14.4 Å². The number of aromatic nitrogens is 1. The van der Waals surface area contributed by atoms with Gasteiger partial charge in [-0.05, 0) is 24.3 Å². The summed E-state index contributed by atoms with van der Waals surface area (Å²) in [4.78, 5) is 38.6. The van der Waals surface area contributed by atoms with E-state index in [0.717, 1.165) is 0 Å². The maximum absolute atomic E-state index is 12.0. The van der Waals surface area contributed by atoms with Crippen LogP contribution in [0.5, 0.6) is 0 Å². The molecular formula is C18H14N2O4. The number of para-hydroxylation sites is 2. The molecule has 0 unspecified atom stereocenters. The Balaban J connectivity index is 1.67. The van der Waals surface area contributed by atoms with E-state index in [1.54, 1.807) is 48.5 Å². The molecule has 0 bridgehead atoms. The molecular weight excluding hydrogens is 308 g/mol. The fraction of sp³-hybridized carbons (Fsp3) is 0.0556. The second-order valence-corrected chi connectivity index (χ2v) is 5.08. The second-order valence-electron chi connectivity index (χ2n) is 5.08. The highest BCUT2D eigenvalue weighted by atomic mass is 16.5. The minimum Gasteiger partial charge on any atom is -0.451 e. The minimum atomic E-state index is -0.763. The number of carbonyl (C=O) groups excluding carboxylic acids is 2. The third-order valence-corrected chi connectivity index (χ3v) is 3.35. The Labute approximate surface area is 137 Å². The van der Waals surface area contributed by atoms with Gasteiger partial charge in [-0.3, -0.25) is 9.59 Å². The fourth-order valence-corrected chi connectivity index (χ4v) is 2.23. The first-order valence-electron chi connectivity index (χ1n) is 7.27. The van der Waals surface area contributed by atoms with Gasteiger partial charge in [0.1, 0.15) is 5.69 Å². The normalized spacial score (nSPS) is 10.3. The van der Waals surface area contributed by atoms with Crippen molar-refractivity contribution in [3.05, 3.63) is 76.6 Å². The molecule has 2 aromatic carbocycles. The summed E-state index contributed by atoms with van der Waals surface area (Å²) in [5, 5.41) is 3.08. The lowest BCUT2D eigenvalue weighted by atomic mass is 10.2. The third-order valence-electron chi connectivity index (χ3n) is 3.35. The van der Waals surface area contributed by atoms with Gasteiger partial charge in [0.15, 0.2) is 12.0 Å². The Bertz CT molecular complexity index is 948. The molecule has 3 aromatic rings. The van der Waals surface area contributed by atoms with Crippen molar-refractivity contribution in [1.29, 1.82) is 0 Å². The molecule has 0 aliphatic heterocycles. The van der Waals surface area contributed by atoms with Crippen LogP contribution in [0.1, 0.15) is 10.5 Å². The minimum absolute atomic E-state index is 0.00575. The van der Waals surface area contributed by atoms with Crippen molar-refractivity contribution in [2.24, 2.45) is 0 Å². The number of amides is 1. The van der Waals surface area contributed by atoms with E-state index in [-0.39, 0.29) is 11.1 Å². The van der Waals surface area contributed by atoms with Crippen LogP contribution in [0.2, 0.25) is 0 Å². The molecule has 3 rings (SSSR count). The van der Waals surface area contributed by atoms with E-state index < -0.39 is 18.5 Å². The number of pyridine rings is 1. The van der Waals surface area contributed by atoms with Crippen LogP contribution in [-0.2, 0) is 9.53 Å². The van der Waals surface area contributed by atoms with Crippen LogP contribution in [0.3, 0.4) is 0 Å². The van der Waals surface area contributed by atoms with Crippen LogP contribution >= 0.6 is 0 Å². The molecule has 2 N–H and O–H groups in total. The summed E-state index contributed by atoms with van der Waals surface area (Å²) in [6.07, 6.45) is 0. The van der Waals surface area contributed by atoms with Gasteiger partial charge in [-0.15, -0.1) is 0 Å². The van der Waals surface area contributed by atoms with Crippen molar-refractivity contribution in [1.82, 2.24) is 4.98 Å². The predicted octanol–water partition coefficient (Wildman–Crippen LogP) is 2.32. The largest absolute Gasteiger partial charge is 0.451 e. The number of esters is 1. The maximum Gasteiger partial charge on any atom is 0.355 e. The number of hydrogen-bond acceptors (Lipinski definition) is 4. The molecule has 0 saturated carbocycles. The van der Waals surface area contributed by atoms with Crippen LogP contribution in [0.4, 0.5) is 5.69 Å². The smallest absolute Gasteiger partial charge is 0.355 e. The first-order valence-corrected chi connectivity index (χ1v) is 7.27. The average Bonchev–Trinajstić information content (AvgIpc) is 2.60. The summed E-state index contributed by atoms with van der Waals surface area (Å²) < 4.78 is 4.94. The molecule has 0 fully saturated rings. The molecule has 120 valence electrons. The zero-order valence-electron chi connectivity index (χ0n) is 12.6. The first kappa shape index (κ1) is 15.5.